The van der Waals surface area contributed by atoms with Gasteiger partial charge in [-0.1, -0.05) is 43.3 Å². The van der Waals surface area contributed by atoms with E-state index in [1.807, 2.05) is 30.3 Å². The fourth-order valence-corrected chi connectivity index (χ4v) is 1.95. The van der Waals surface area contributed by atoms with E-state index < -0.39 is 0 Å². The van der Waals surface area contributed by atoms with Crippen molar-refractivity contribution in [2.24, 2.45) is 0 Å². The highest BCUT2D eigenvalue weighted by Gasteiger charge is 2.10. The summed E-state index contributed by atoms with van der Waals surface area (Å²) in [6, 6.07) is 13.9. The molecule has 0 bridgehead atoms. The molecule has 3 nitrogen and oxygen atoms in total. The van der Waals surface area contributed by atoms with Gasteiger partial charge in [-0.15, -0.1) is 0 Å². The average Bonchev–Trinajstić information content (AvgIpc) is 2.47. The van der Waals surface area contributed by atoms with Gasteiger partial charge in [0.1, 0.15) is 0 Å². The highest BCUT2D eigenvalue weighted by molar-refractivity contribution is 5.76. The number of carbonyl (C=O) groups excluding carboxylic acids is 1. The minimum absolute atomic E-state index is 0.0696. The van der Waals surface area contributed by atoms with Crippen LogP contribution >= 0.6 is 0 Å². The van der Waals surface area contributed by atoms with Gasteiger partial charge in [0.25, 0.3) is 0 Å². The summed E-state index contributed by atoms with van der Waals surface area (Å²) < 4.78 is 0. The van der Waals surface area contributed by atoms with Gasteiger partial charge in [0.05, 0.1) is 0 Å². The maximum absolute atomic E-state index is 11.9. The Kier molecular flexibility index (Phi) is 4.67. The van der Waals surface area contributed by atoms with Crippen LogP contribution in [0.5, 0.6) is 0 Å². The zero-order valence-corrected chi connectivity index (χ0v) is 11.0. The van der Waals surface area contributed by atoms with Gasteiger partial charge >= 0.3 is 0 Å². The zero-order valence-electron chi connectivity index (χ0n) is 11.0. The van der Waals surface area contributed by atoms with Crippen LogP contribution in [0.1, 0.15) is 30.4 Å². The fraction of sp³-hybridized carbons (Fsp3) is 0.250. The Bertz CT molecular complexity index is 511. The third-order valence-electron chi connectivity index (χ3n) is 3.07. The molecule has 0 radical (unpaired) electrons. The first-order chi connectivity index (χ1) is 9.25. The molecule has 0 aliphatic heterocycles. The molecule has 0 saturated carbocycles. The van der Waals surface area contributed by atoms with Gasteiger partial charge < -0.3 is 5.32 Å². The van der Waals surface area contributed by atoms with E-state index in [1.54, 1.807) is 12.4 Å². The van der Waals surface area contributed by atoms with E-state index in [9.17, 15) is 4.79 Å². The third-order valence-corrected chi connectivity index (χ3v) is 3.07. The minimum Gasteiger partial charge on any atom is -0.352 e. The number of hydrogen-bond donors (Lipinski definition) is 1. The molecule has 2 rings (SSSR count). The Hall–Kier alpha value is -2.16. The predicted octanol–water partition coefficient (Wildman–Crippen LogP) is 2.89. The van der Waals surface area contributed by atoms with E-state index >= 15 is 0 Å². The first-order valence-electron chi connectivity index (χ1n) is 6.46. The van der Waals surface area contributed by atoms with Crippen molar-refractivity contribution in [3.63, 3.8) is 0 Å². The molecule has 2 aromatic rings. The number of benzene rings is 1. The largest absolute Gasteiger partial charge is 0.352 e. The molecule has 1 atom stereocenters. The second-order valence-electron chi connectivity index (χ2n) is 4.65. The van der Waals surface area contributed by atoms with Crippen molar-refractivity contribution in [1.29, 1.82) is 0 Å². The van der Waals surface area contributed by atoms with Gasteiger partial charge in [-0.25, -0.2) is 0 Å². The lowest BCUT2D eigenvalue weighted by Gasteiger charge is -2.11. The van der Waals surface area contributed by atoms with E-state index in [4.69, 9.17) is 0 Å². The normalized spacial score (nSPS) is 11.8. The van der Waals surface area contributed by atoms with Crippen LogP contribution < -0.4 is 5.32 Å². The number of rotatable bonds is 5. The zero-order chi connectivity index (χ0) is 13.5. The van der Waals surface area contributed by atoms with E-state index in [1.165, 1.54) is 5.56 Å². The summed E-state index contributed by atoms with van der Waals surface area (Å²) in [5, 5.41) is 2.92. The predicted molar refractivity (Wildman–Crippen MR) is 75.6 cm³/mol. The summed E-state index contributed by atoms with van der Waals surface area (Å²) in [4.78, 5) is 15.9. The van der Waals surface area contributed by atoms with E-state index in [-0.39, 0.29) is 11.8 Å². The molecule has 1 amide bonds. The van der Waals surface area contributed by atoms with Crippen molar-refractivity contribution in [3.05, 3.63) is 66.0 Å². The Morgan fingerprint density at radius 2 is 2.00 bits per heavy atom. The summed E-state index contributed by atoms with van der Waals surface area (Å²) in [5.41, 5.74) is 2.21. The Morgan fingerprint density at radius 3 is 2.68 bits per heavy atom. The third kappa shape index (κ3) is 4.21. The Morgan fingerprint density at radius 1 is 1.21 bits per heavy atom. The van der Waals surface area contributed by atoms with Crippen LogP contribution in [-0.4, -0.2) is 10.9 Å². The average molecular weight is 254 g/mol. The quantitative estimate of drug-likeness (QED) is 0.891. The highest BCUT2D eigenvalue weighted by Crippen LogP contribution is 2.18. The first kappa shape index (κ1) is 13.3. The van der Waals surface area contributed by atoms with Crippen LogP contribution in [0.15, 0.2) is 54.9 Å². The van der Waals surface area contributed by atoms with E-state index in [0.717, 1.165) is 5.56 Å². The number of pyridine rings is 1. The van der Waals surface area contributed by atoms with Crippen molar-refractivity contribution in [3.8, 4) is 0 Å². The molecule has 0 fully saturated rings. The van der Waals surface area contributed by atoms with Gasteiger partial charge in [0.15, 0.2) is 0 Å². The molecule has 1 N–H and O–H groups in total. The molecule has 0 aliphatic rings. The van der Waals surface area contributed by atoms with E-state index in [2.05, 4.69) is 29.4 Å². The molecule has 98 valence electrons. The van der Waals surface area contributed by atoms with Crippen LogP contribution in [0.2, 0.25) is 0 Å². The van der Waals surface area contributed by atoms with Crippen LogP contribution in [0.25, 0.3) is 0 Å². The summed E-state index contributed by atoms with van der Waals surface area (Å²) in [7, 11) is 0. The number of nitrogens with zero attached hydrogens (tertiary/aromatic N) is 1. The molecule has 0 spiro atoms. The number of carbonyl (C=O) groups is 1. The lowest BCUT2D eigenvalue weighted by Crippen LogP contribution is -2.24. The molecule has 1 unspecified atom stereocenters. The molecular formula is C16H18N2O. The van der Waals surface area contributed by atoms with Crippen molar-refractivity contribution < 1.29 is 4.79 Å². The van der Waals surface area contributed by atoms with Crippen LogP contribution in [0.4, 0.5) is 0 Å². The second kappa shape index (κ2) is 6.69. The van der Waals surface area contributed by atoms with E-state index in [0.29, 0.717) is 13.0 Å². The molecule has 1 aromatic heterocycles. The van der Waals surface area contributed by atoms with Crippen molar-refractivity contribution in [1.82, 2.24) is 10.3 Å². The van der Waals surface area contributed by atoms with Crippen molar-refractivity contribution >= 4 is 5.91 Å². The summed E-state index contributed by atoms with van der Waals surface area (Å²) in [6.45, 7) is 2.60. The number of hydrogen-bond acceptors (Lipinski definition) is 2. The standard InChI is InChI=1S/C16H18N2O/c1-13(15-7-3-2-4-8-15)10-16(19)18-12-14-6-5-9-17-11-14/h2-9,11,13H,10,12H2,1H3,(H,18,19). The number of aromatic nitrogens is 1. The van der Waals surface area contributed by atoms with Gasteiger partial charge in [0, 0.05) is 25.4 Å². The Balaban J connectivity index is 1.82. The highest BCUT2D eigenvalue weighted by atomic mass is 16.1. The molecule has 3 heteroatoms. The molecular weight excluding hydrogens is 236 g/mol. The van der Waals surface area contributed by atoms with Crippen LogP contribution in [0, 0.1) is 0 Å². The first-order valence-corrected chi connectivity index (χ1v) is 6.46. The van der Waals surface area contributed by atoms with Gasteiger partial charge in [-0.3, -0.25) is 9.78 Å². The minimum atomic E-state index is 0.0696. The monoisotopic (exact) mass is 254 g/mol. The molecule has 0 saturated heterocycles. The van der Waals surface area contributed by atoms with Gasteiger partial charge in [-0.05, 0) is 23.1 Å². The summed E-state index contributed by atoms with van der Waals surface area (Å²) in [6.07, 6.45) is 3.99. The molecule has 1 heterocycles. The molecule has 0 aliphatic carbocycles. The Labute approximate surface area is 113 Å². The van der Waals surface area contributed by atoms with Gasteiger partial charge in [0.2, 0.25) is 5.91 Å². The molecule has 19 heavy (non-hydrogen) atoms. The maximum atomic E-state index is 11.9. The van der Waals surface area contributed by atoms with Crippen molar-refractivity contribution in [2.45, 2.75) is 25.8 Å². The van der Waals surface area contributed by atoms with Crippen LogP contribution in [-0.2, 0) is 11.3 Å². The number of nitrogens with one attached hydrogen (secondary N) is 1. The molecule has 1 aromatic carbocycles. The summed E-state index contributed by atoms with van der Waals surface area (Å²) >= 11 is 0. The maximum Gasteiger partial charge on any atom is 0.220 e. The topological polar surface area (TPSA) is 42.0 Å². The summed E-state index contributed by atoms with van der Waals surface area (Å²) in [5.74, 6) is 0.301. The SMILES string of the molecule is CC(CC(=O)NCc1cccnc1)c1ccccc1. The number of amides is 1. The fourth-order valence-electron chi connectivity index (χ4n) is 1.95. The second-order valence-corrected chi connectivity index (χ2v) is 4.65. The lowest BCUT2D eigenvalue weighted by molar-refractivity contribution is -0.121. The lowest BCUT2D eigenvalue weighted by atomic mass is 9.97. The van der Waals surface area contributed by atoms with Crippen LogP contribution in [0.3, 0.4) is 0 Å². The van der Waals surface area contributed by atoms with Gasteiger partial charge in [-0.2, -0.15) is 0 Å². The smallest absolute Gasteiger partial charge is 0.220 e. The van der Waals surface area contributed by atoms with Crippen molar-refractivity contribution in [2.75, 3.05) is 0 Å².